The number of hydrogen-bond acceptors (Lipinski definition) is 3. The van der Waals surface area contributed by atoms with E-state index in [1.165, 1.54) is 28.6 Å². The van der Waals surface area contributed by atoms with E-state index in [1.807, 2.05) is 62.4 Å². The highest BCUT2D eigenvalue weighted by Crippen LogP contribution is 2.22. The van der Waals surface area contributed by atoms with E-state index in [0.717, 1.165) is 23.1 Å². The van der Waals surface area contributed by atoms with Gasteiger partial charge in [-0.05, 0) is 60.4 Å². The predicted octanol–water partition coefficient (Wildman–Crippen LogP) is 5.04. The number of rotatable bonds is 8. The molecule has 0 radical (unpaired) electrons. The first-order valence-corrected chi connectivity index (χ1v) is 11.8. The number of para-hydroxylation sites is 1. The van der Waals surface area contributed by atoms with Crippen LogP contribution in [0.5, 0.6) is 0 Å². The van der Waals surface area contributed by atoms with Crippen molar-refractivity contribution in [2.24, 2.45) is 0 Å². The summed E-state index contributed by atoms with van der Waals surface area (Å²) in [6.07, 6.45) is 0.756. The maximum atomic E-state index is 13.4. The molecule has 1 amide bonds. The molecule has 0 heterocycles. The molecular formula is C24H25ClN2O3S. The lowest BCUT2D eigenvalue weighted by atomic mass is 10.1. The number of amides is 1. The minimum absolute atomic E-state index is 0.0838. The van der Waals surface area contributed by atoms with Gasteiger partial charge in [0.2, 0.25) is 15.9 Å². The Morgan fingerprint density at radius 2 is 1.55 bits per heavy atom. The Morgan fingerprint density at radius 3 is 2.19 bits per heavy atom. The topological polar surface area (TPSA) is 66.5 Å². The second-order valence-corrected chi connectivity index (χ2v) is 9.59. The molecule has 0 aromatic heterocycles. The van der Waals surface area contributed by atoms with Crippen LogP contribution in [-0.2, 0) is 27.8 Å². The number of nitrogens with zero attached hydrogens (tertiary/aromatic N) is 1. The molecule has 1 N–H and O–H groups in total. The summed E-state index contributed by atoms with van der Waals surface area (Å²) in [7, 11) is -3.92. The minimum Gasteiger partial charge on any atom is -0.325 e. The summed E-state index contributed by atoms with van der Waals surface area (Å²) < 4.78 is 27.9. The zero-order chi connectivity index (χ0) is 22.4. The van der Waals surface area contributed by atoms with Gasteiger partial charge in [-0.25, -0.2) is 8.42 Å². The zero-order valence-corrected chi connectivity index (χ0v) is 19.1. The van der Waals surface area contributed by atoms with Crippen LogP contribution in [0.15, 0.2) is 77.7 Å². The van der Waals surface area contributed by atoms with Gasteiger partial charge < -0.3 is 5.32 Å². The third-order valence-electron chi connectivity index (χ3n) is 5.05. The quantitative estimate of drug-likeness (QED) is 0.516. The SMILES string of the molecule is CCc1ccccc1NC(=O)CN(Cc1ccccc1C)S(=O)(=O)c1ccc(Cl)cc1. The highest BCUT2D eigenvalue weighted by molar-refractivity contribution is 7.89. The molecule has 3 aromatic rings. The Morgan fingerprint density at radius 1 is 0.935 bits per heavy atom. The second kappa shape index (κ2) is 10.1. The molecule has 0 unspecified atom stereocenters. The molecule has 0 aliphatic carbocycles. The predicted molar refractivity (Wildman–Crippen MR) is 125 cm³/mol. The van der Waals surface area contributed by atoms with Crippen LogP contribution in [0.25, 0.3) is 0 Å². The number of anilines is 1. The first kappa shape index (κ1) is 23.0. The summed E-state index contributed by atoms with van der Waals surface area (Å²) in [5, 5.41) is 3.30. The zero-order valence-electron chi connectivity index (χ0n) is 17.5. The molecule has 0 saturated carbocycles. The highest BCUT2D eigenvalue weighted by Gasteiger charge is 2.27. The van der Waals surface area contributed by atoms with Crippen LogP contribution in [0.3, 0.4) is 0 Å². The van der Waals surface area contributed by atoms with E-state index >= 15 is 0 Å². The van der Waals surface area contributed by atoms with Crippen LogP contribution in [0.4, 0.5) is 5.69 Å². The van der Waals surface area contributed by atoms with Crippen molar-refractivity contribution in [3.8, 4) is 0 Å². The maximum absolute atomic E-state index is 13.4. The standard InChI is InChI=1S/C24H25ClN2O3S/c1-3-19-9-6-7-11-23(19)26-24(28)17-27(16-20-10-5-4-8-18(20)2)31(29,30)22-14-12-21(25)13-15-22/h4-15H,3,16-17H2,1-2H3,(H,26,28). The number of benzene rings is 3. The van der Waals surface area contributed by atoms with Gasteiger partial charge >= 0.3 is 0 Å². The van der Waals surface area contributed by atoms with Gasteiger partial charge in [-0.1, -0.05) is 61.0 Å². The van der Waals surface area contributed by atoms with Crippen molar-refractivity contribution in [3.05, 3.63) is 94.5 Å². The number of carbonyl (C=O) groups excluding carboxylic acids is 1. The van der Waals surface area contributed by atoms with Crippen molar-refractivity contribution in [1.82, 2.24) is 4.31 Å². The molecule has 0 fully saturated rings. The van der Waals surface area contributed by atoms with Crippen molar-refractivity contribution in [3.63, 3.8) is 0 Å². The van der Waals surface area contributed by atoms with Crippen molar-refractivity contribution in [2.45, 2.75) is 31.7 Å². The van der Waals surface area contributed by atoms with Gasteiger partial charge in [0.05, 0.1) is 11.4 Å². The van der Waals surface area contributed by atoms with Gasteiger partial charge in [-0.2, -0.15) is 4.31 Å². The van der Waals surface area contributed by atoms with Crippen LogP contribution in [0.1, 0.15) is 23.6 Å². The van der Waals surface area contributed by atoms with Gasteiger partial charge in [0, 0.05) is 17.3 Å². The van der Waals surface area contributed by atoms with E-state index < -0.39 is 15.9 Å². The summed E-state index contributed by atoms with van der Waals surface area (Å²) in [5.41, 5.74) is 3.47. The average molecular weight is 457 g/mol. The molecule has 0 atom stereocenters. The molecule has 5 nitrogen and oxygen atoms in total. The van der Waals surface area contributed by atoms with E-state index in [4.69, 9.17) is 11.6 Å². The van der Waals surface area contributed by atoms with Gasteiger partial charge in [0.15, 0.2) is 0 Å². The van der Waals surface area contributed by atoms with Crippen molar-refractivity contribution >= 4 is 33.2 Å². The highest BCUT2D eigenvalue weighted by atomic mass is 35.5. The fourth-order valence-corrected chi connectivity index (χ4v) is 4.76. The van der Waals surface area contributed by atoms with Crippen molar-refractivity contribution in [2.75, 3.05) is 11.9 Å². The summed E-state index contributed by atoms with van der Waals surface area (Å²) in [4.78, 5) is 12.9. The molecule has 0 aliphatic heterocycles. The lowest BCUT2D eigenvalue weighted by Crippen LogP contribution is -2.37. The lowest BCUT2D eigenvalue weighted by molar-refractivity contribution is -0.116. The third kappa shape index (κ3) is 5.73. The maximum Gasteiger partial charge on any atom is 0.243 e. The normalized spacial score (nSPS) is 11.5. The molecule has 7 heteroatoms. The molecule has 0 spiro atoms. The van der Waals surface area contributed by atoms with Gasteiger partial charge in [-0.15, -0.1) is 0 Å². The summed E-state index contributed by atoms with van der Waals surface area (Å²) >= 11 is 5.92. The second-order valence-electron chi connectivity index (χ2n) is 7.21. The fourth-order valence-electron chi connectivity index (χ4n) is 3.26. The van der Waals surface area contributed by atoms with Crippen LogP contribution in [0, 0.1) is 6.92 Å². The van der Waals surface area contributed by atoms with Crippen molar-refractivity contribution < 1.29 is 13.2 Å². The van der Waals surface area contributed by atoms with Gasteiger partial charge in [-0.3, -0.25) is 4.79 Å². The largest absolute Gasteiger partial charge is 0.325 e. The smallest absolute Gasteiger partial charge is 0.243 e. The molecule has 162 valence electrons. The molecule has 0 bridgehead atoms. The summed E-state index contributed by atoms with van der Waals surface area (Å²) in [6, 6.07) is 21.0. The number of sulfonamides is 1. The summed E-state index contributed by atoms with van der Waals surface area (Å²) in [6.45, 7) is 3.69. The van der Waals surface area contributed by atoms with E-state index in [2.05, 4.69) is 5.32 Å². The van der Waals surface area contributed by atoms with E-state index in [0.29, 0.717) is 10.7 Å². The molecule has 0 aliphatic rings. The van der Waals surface area contributed by atoms with E-state index in [-0.39, 0.29) is 18.0 Å². The number of aryl methyl sites for hydroxylation is 2. The Labute approximate surface area is 188 Å². The fraction of sp³-hybridized carbons (Fsp3) is 0.208. The average Bonchev–Trinajstić information content (AvgIpc) is 2.75. The number of carbonyl (C=O) groups is 1. The van der Waals surface area contributed by atoms with Crippen molar-refractivity contribution in [1.29, 1.82) is 0 Å². The van der Waals surface area contributed by atoms with Crippen LogP contribution in [-0.4, -0.2) is 25.2 Å². The molecule has 3 rings (SSSR count). The van der Waals surface area contributed by atoms with Crippen LogP contribution in [0.2, 0.25) is 5.02 Å². The Balaban J connectivity index is 1.91. The van der Waals surface area contributed by atoms with Gasteiger partial charge in [0.1, 0.15) is 0 Å². The molecule has 3 aromatic carbocycles. The number of hydrogen-bond donors (Lipinski definition) is 1. The van der Waals surface area contributed by atoms with E-state index in [1.54, 1.807) is 0 Å². The van der Waals surface area contributed by atoms with Crippen LogP contribution < -0.4 is 5.32 Å². The Hall–Kier alpha value is -2.67. The number of nitrogens with one attached hydrogen (secondary N) is 1. The minimum atomic E-state index is -3.92. The Kier molecular flexibility index (Phi) is 7.49. The monoisotopic (exact) mass is 456 g/mol. The van der Waals surface area contributed by atoms with Gasteiger partial charge in [0.25, 0.3) is 0 Å². The molecule has 0 saturated heterocycles. The lowest BCUT2D eigenvalue weighted by Gasteiger charge is -2.23. The number of halogens is 1. The molecular weight excluding hydrogens is 432 g/mol. The first-order valence-electron chi connectivity index (χ1n) is 9.99. The van der Waals surface area contributed by atoms with E-state index in [9.17, 15) is 13.2 Å². The van der Waals surface area contributed by atoms with Crippen LogP contribution >= 0.6 is 11.6 Å². The third-order valence-corrected chi connectivity index (χ3v) is 7.11. The first-order chi connectivity index (χ1) is 14.8. The Bertz CT molecular complexity index is 1160. The molecule has 31 heavy (non-hydrogen) atoms. The summed E-state index contributed by atoms with van der Waals surface area (Å²) in [5.74, 6) is -0.396.